The zero-order chi connectivity index (χ0) is 23.1. The maximum absolute atomic E-state index is 13.7. The van der Waals surface area contributed by atoms with Crippen molar-refractivity contribution in [2.45, 2.75) is 38.1 Å². The Morgan fingerprint density at radius 3 is 2.39 bits per heavy atom. The Balaban J connectivity index is 1.71. The van der Waals surface area contributed by atoms with Crippen molar-refractivity contribution < 1.29 is 41.0 Å². The molecule has 3 N–H and O–H groups in total. The van der Waals surface area contributed by atoms with Gasteiger partial charge in [0.15, 0.2) is 23.0 Å². The number of carboxylic acids is 1. The van der Waals surface area contributed by atoms with Crippen LogP contribution in [0.3, 0.4) is 0 Å². The second kappa shape index (κ2) is 8.21. The van der Waals surface area contributed by atoms with E-state index in [4.69, 9.17) is 10.8 Å². The number of hydrogen-bond acceptors (Lipinski definition) is 4. The number of fused-ring (bicyclic) bond motifs is 1. The Hall–Kier alpha value is -3.09. The molecular formula is C18H16F6N4O3. The number of rotatable bonds is 5. The number of carbonyl (C=O) groups excluding carboxylic acids is 1. The first-order chi connectivity index (χ1) is 14.4. The van der Waals surface area contributed by atoms with Gasteiger partial charge in [0.2, 0.25) is 5.91 Å². The van der Waals surface area contributed by atoms with E-state index in [0.717, 1.165) is 9.47 Å². The van der Waals surface area contributed by atoms with E-state index in [0.29, 0.717) is 12.1 Å². The minimum atomic E-state index is -4.98. The highest BCUT2D eigenvalue weighted by atomic mass is 19.4. The first kappa shape index (κ1) is 22.6. The van der Waals surface area contributed by atoms with E-state index in [9.17, 15) is 35.9 Å². The number of alkyl halides is 3. The molecule has 1 aromatic heterocycles. The number of aromatic carboxylic acids is 1. The number of imidazole rings is 1. The predicted molar refractivity (Wildman–Crippen MR) is 92.2 cm³/mol. The molecule has 0 fully saturated rings. The summed E-state index contributed by atoms with van der Waals surface area (Å²) in [7, 11) is 0. The van der Waals surface area contributed by atoms with Crippen LogP contribution >= 0.6 is 0 Å². The summed E-state index contributed by atoms with van der Waals surface area (Å²) in [6.07, 6.45) is -5.61. The third-order valence-electron chi connectivity index (χ3n) is 4.80. The summed E-state index contributed by atoms with van der Waals surface area (Å²) in [5.74, 6) is -6.29. The molecule has 2 heterocycles. The Morgan fingerprint density at radius 2 is 1.77 bits per heavy atom. The van der Waals surface area contributed by atoms with Crippen LogP contribution in [0.15, 0.2) is 12.1 Å². The van der Waals surface area contributed by atoms with Crippen LogP contribution in [0.25, 0.3) is 0 Å². The minimum absolute atomic E-state index is 0.0912. The van der Waals surface area contributed by atoms with Crippen LogP contribution in [0.4, 0.5) is 26.3 Å². The lowest BCUT2D eigenvalue weighted by Crippen LogP contribution is -2.41. The van der Waals surface area contributed by atoms with Crippen molar-refractivity contribution in [3.63, 3.8) is 0 Å². The quantitative estimate of drug-likeness (QED) is 0.538. The van der Waals surface area contributed by atoms with Gasteiger partial charge in [0.1, 0.15) is 11.6 Å². The summed E-state index contributed by atoms with van der Waals surface area (Å²) in [5.41, 5.74) is 3.04. The smallest absolute Gasteiger partial charge is 0.435 e. The van der Waals surface area contributed by atoms with E-state index in [1.807, 2.05) is 0 Å². The van der Waals surface area contributed by atoms with E-state index >= 15 is 0 Å². The zero-order valence-electron chi connectivity index (χ0n) is 15.7. The van der Waals surface area contributed by atoms with E-state index < -0.39 is 52.9 Å². The third-order valence-corrected chi connectivity index (χ3v) is 4.80. The van der Waals surface area contributed by atoms with Gasteiger partial charge in [0.25, 0.3) is 0 Å². The molecule has 1 atom stereocenters. The summed E-state index contributed by atoms with van der Waals surface area (Å²) in [6.45, 7) is -0.688. The van der Waals surface area contributed by atoms with Crippen molar-refractivity contribution in [2.75, 3.05) is 6.54 Å². The number of carboxylic acid groups (broad SMARTS) is 1. The molecule has 0 saturated carbocycles. The van der Waals surface area contributed by atoms with Crippen LogP contribution < -0.4 is 5.73 Å². The number of aromatic nitrogens is 2. The van der Waals surface area contributed by atoms with E-state index in [1.165, 1.54) is 0 Å². The van der Waals surface area contributed by atoms with Crippen molar-refractivity contribution in [1.82, 2.24) is 14.5 Å². The molecule has 1 aliphatic heterocycles. The molecule has 0 bridgehead atoms. The summed E-state index contributed by atoms with van der Waals surface area (Å²) >= 11 is 0. The molecule has 0 unspecified atom stereocenters. The fourth-order valence-corrected chi connectivity index (χ4v) is 3.39. The van der Waals surface area contributed by atoms with Crippen molar-refractivity contribution in [3.05, 3.63) is 52.4 Å². The normalized spacial score (nSPS) is 15.0. The number of nitrogens with two attached hydrogens (primary N) is 1. The van der Waals surface area contributed by atoms with Gasteiger partial charge in [0.05, 0.1) is 6.54 Å². The molecule has 7 nitrogen and oxygen atoms in total. The molecule has 2 aromatic rings. The van der Waals surface area contributed by atoms with Crippen LogP contribution in [0, 0.1) is 17.5 Å². The van der Waals surface area contributed by atoms with Crippen molar-refractivity contribution in [2.24, 2.45) is 5.73 Å². The number of carbonyl (C=O) groups is 2. The zero-order valence-corrected chi connectivity index (χ0v) is 15.7. The molecule has 0 spiro atoms. The fourth-order valence-electron chi connectivity index (χ4n) is 3.39. The van der Waals surface area contributed by atoms with Gasteiger partial charge in [-0.05, 0) is 18.1 Å². The van der Waals surface area contributed by atoms with E-state index in [1.54, 1.807) is 0 Å². The maximum atomic E-state index is 13.7. The van der Waals surface area contributed by atoms with Gasteiger partial charge in [-0.25, -0.2) is 22.9 Å². The van der Waals surface area contributed by atoms with Crippen molar-refractivity contribution in [3.8, 4) is 0 Å². The molecule has 1 aromatic carbocycles. The van der Waals surface area contributed by atoms with Gasteiger partial charge in [-0.15, -0.1) is 0 Å². The number of benzene rings is 1. The van der Waals surface area contributed by atoms with Gasteiger partial charge < -0.3 is 20.3 Å². The van der Waals surface area contributed by atoms with E-state index in [-0.39, 0.29) is 43.9 Å². The number of amides is 1. The maximum Gasteiger partial charge on any atom is 0.435 e. The highest BCUT2D eigenvalue weighted by Gasteiger charge is 2.42. The van der Waals surface area contributed by atoms with Gasteiger partial charge in [-0.3, -0.25) is 4.79 Å². The molecule has 168 valence electrons. The Morgan fingerprint density at radius 1 is 1.13 bits per heavy atom. The van der Waals surface area contributed by atoms with Crippen LogP contribution in [-0.4, -0.2) is 44.0 Å². The topological polar surface area (TPSA) is 101 Å². The lowest BCUT2D eigenvalue weighted by molar-refractivity contribution is -0.141. The Kier molecular flexibility index (Phi) is 5.98. The lowest BCUT2D eigenvalue weighted by atomic mass is 10.0. The Bertz CT molecular complexity index is 1040. The number of halogens is 6. The highest BCUT2D eigenvalue weighted by Crippen LogP contribution is 2.33. The van der Waals surface area contributed by atoms with Gasteiger partial charge in [-0.1, -0.05) is 0 Å². The number of hydrogen-bond donors (Lipinski definition) is 2. The highest BCUT2D eigenvalue weighted by molar-refractivity contribution is 5.87. The first-order valence-corrected chi connectivity index (χ1v) is 8.95. The summed E-state index contributed by atoms with van der Waals surface area (Å²) in [4.78, 5) is 28.3. The van der Waals surface area contributed by atoms with Gasteiger partial charge in [-0.2, -0.15) is 13.2 Å². The van der Waals surface area contributed by atoms with Crippen LogP contribution in [0.1, 0.15) is 34.0 Å². The molecule has 3 rings (SSSR count). The standard InChI is InChI=1S/C18H16F6N4O3/c19-10-6-12(21)11(20)4-8(10)3-9(25)5-14(29)27-1-2-28-13(7-27)26-16(18(22,23)24)15(28)17(30)31/h4,6,9H,1-3,5,7,25H2,(H,30,31)/t9-/m0/s1. The molecular weight excluding hydrogens is 434 g/mol. The molecule has 1 aliphatic rings. The van der Waals surface area contributed by atoms with E-state index in [2.05, 4.69) is 4.98 Å². The average molecular weight is 450 g/mol. The molecule has 1 amide bonds. The van der Waals surface area contributed by atoms with Gasteiger partial charge >= 0.3 is 12.1 Å². The second-order valence-electron chi connectivity index (χ2n) is 7.02. The molecule has 0 aliphatic carbocycles. The molecule has 0 radical (unpaired) electrons. The SMILES string of the molecule is N[C@H](CC(=O)N1CCn2c(nc(C(F)(F)F)c2C(=O)O)C1)Cc1cc(F)c(F)cc1F. The summed E-state index contributed by atoms with van der Waals surface area (Å²) in [5, 5.41) is 9.13. The Labute approximate surface area is 171 Å². The van der Waals surface area contributed by atoms with Crippen LogP contribution in [0.5, 0.6) is 0 Å². The van der Waals surface area contributed by atoms with Crippen molar-refractivity contribution >= 4 is 11.9 Å². The minimum Gasteiger partial charge on any atom is -0.477 e. The fraction of sp³-hybridized carbons (Fsp3) is 0.389. The van der Waals surface area contributed by atoms with Crippen LogP contribution in [0.2, 0.25) is 0 Å². The molecule has 13 heteroatoms. The van der Waals surface area contributed by atoms with Crippen molar-refractivity contribution in [1.29, 1.82) is 0 Å². The summed E-state index contributed by atoms with van der Waals surface area (Å²) in [6, 6.07) is 0.0228. The first-order valence-electron chi connectivity index (χ1n) is 8.95. The average Bonchev–Trinajstić information content (AvgIpc) is 3.05. The summed E-state index contributed by atoms with van der Waals surface area (Å²) < 4.78 is 80.2. The monoisotopic (exact) mass is 450 g/mol. The largest absolute Gasteiger partial charge is 0.477 e. The number of nitrogens with zero attached hydrogens (tertiary/aromatic N) is 3. The lowest BCUT2D eigenvalue weighted by Gasteiger charge is -2.29. The van der Waals surface area contributed by atoms with Gasteiger partial charge in [0, 0.05) is 31.6 Å². The third kappa shape index (κ3) is 4.65. The molecule has 0 saturated heterocycles. The van der Waals surface area contributed by atoms with Crippen LogP contribution in [-0.2, 0) is 30.5 Å². The second-order valence-corrected chi connectivity index (χ2v) is 7.02. The predicted octanol–water partition coefficient (Wildman–Crippen LogP) is 2.32. The molecule has 31 heavy (non-hydrogen) atoms.